The van der Waals surface area contributed by atoms with Crippen LogP contribution in [0.2, 0.25) is 18.1 Å². The highest BCUT2D eigenvalue weighted by atomic mass is 79.9. The van der Waals surface area contributed by atoms with Gasteiger partial charge in [-0.25, -0.2) is 13.8 Å². The van der Waals surface area contributed by atoms with Crippen LogP contribution < -0.4 is 9.64 Å². The summed E-state index contributed by atoms with van der Waals surface area (Å²) in [7, 11) is -0.295. The Morgan fingerprint density at radius 2 is 1.82 bits per heavy atom. The van der Waals surface area contributed by atoms with Crippen molar-refractivity contribution in [3.8, 4) is 6.01 Å². The highest BCUT2D eigenvalue weighted by molar-refractivity contribution is 9.10. The van der Waals surface area contributed by atoms with Gasteiger partial charge in [-0.1, -0.05) is 20.8 Å². The number of halogens is 3. The quantitative estimate of drug-likeness (QED) is 0.259. The van der Waals surface area contributed by atoms with E-state index >= 15 is 0 Å². The Morgan fingerprint density at radius 1 is 1.10 bits per heavy atom. The molecule has 0 aromatic carbocycles. The van der Waals surface area contributed by atoms with Crippen molar-refractivity contribution in [2.75, 3.05) is 38.2 Å². The SMILES string of the molecule is CN1CC(F)(F)C[C@H]1COc1nc(N2CCC[C@@](C)(O[Si](C)(C)C(C)(C)C)C2)c2c(n1)nc(Br)n2C1CCC1. The molecule has 3 fully saturated rings. The van der Waals surface area contributed by atoms with Crippen LogP contribution in [0.4, 0.5) is 14.6 Å². The summed E-state index contributed by atoms with van der Waals surface area (Å²) in [5.41, 5.74) is 1.16. The molecule has 5 rings (SSSR count). The van der Waals surface area contributed by atoms with Crippen LogP contribution in [0.1, 0.15) is 72.3 Å². The minimum atomic E-state index is -2.70. The molecule has 2 atom stereocenters. The molecule has 0 radical (unpaired) electrons. The number of anilines is 1. The lowest BCUT2D eigenvalue weighted by molar-refractivity contribution is 0.0136. The summed E-state index contributed by atoms with van der Waals surface area (Å²) >= 11 is 3.68. The van der Waals surface area contributed by atoms with E-state index in [9.17, 15) is 8.78 Å². The molecular formula is C27H43BrF2N6O2Si. The molecule has 2 saturated heterocycles. The van der Waals surface area contributed by atoms with Crippen LogP contribution in [-0.2, 0) is 4.43 Å². The van der Waals surface area contributed by atoms with Gasteiger partial charge in [0, 0.05) is 31.6 Å². The number of piperidine rings is 1. The largest absolute Gasteiger partial charge is 0.462 e. The number of nitrogens with zero attached hydrogens (tertiary/aromatic N) is 6. The van der Waals surface area contributed by atoms with Gasteiger partial charge in [0.2, 0.25) is 0 Å². The van der Waals surface area contributed by atoms with E-state index in [1.165, 1.54) is 6.42 Å². The number of fused-ring (bicyclic) bond motifs is 1. The Bertz CT molecular complexity index is 1220. The van der Waals surface area contributed by atoms with Gasteiger partial charge in [0.15, 0.2) is 24.5 Å². The van der Waals surface area contributed by atoms with Crippen molar-refractivity contribution in [2.45, 2.75) is 108 Å². The average Bonchev–Trinajstić information content (AvgIpc) is 3.22. The third kappa shape index (κ3) is 5.85. The Morgan fingerprint density at radius 3 is 2.41 bits per heavy atom. The van der Waals surface area contributed by atoms with Gasteiger partial charge in [0.05, 0.1) is 12.1 Å². The average molecular weight is 630 g/mol. The molecule has 0 spiro atoms. The lowest BCUT2D eigenvalue weighted by atomic mass is 9.93. The lowest BCUT2D eigenvalue weighted by Gasteiger charge is -2.48. The van der Waals surface area contributed by atoms with Crippen LogP contribution in [0.5, 0.6) is 6.01 Å². The minimum Gasteiger partial charge on any atom is -0.462 e. The smallest absolute Gasteiger partial charge is 0.320 e. The monoisotopic (exact) mass is 628 g/mol. The van der Waals surface area contributed by atoms with E-state index in [4.69, 9.17) is 19.1 Å². The molecule has 2 aromatic heterocycles. The highest BCUT2D eigenvalue weighted by Crippen LogP contribution is 2.44. The molecule has 12 heteroatoms. The molecule has 2 aromatic rings. The number of imidazole rings is 1. The maximum Gasteiger partial charge on any atom is 0.320 e. The number of alkyl halides is 2. The summed E-state index contributed by atoms with van der Waals surface area (Å²) in [6.45, 7) is 15.0. The maximum absolute atomic E-state index is 13.9. The number of hydrogen-bond donors (Lipinski definition) is 0. The molecule has 0 bridgehead atoms. The summed E-state index contributed by atoms with van der Waals surface area (Å²) in [5.74, 6) is -1.91. The van der Waals surface area contributed by atoms with Gasteiger partial charge in [-0.05, 0) is 80.1 Å². The number of ether oxygens (including phenoxy) is 1. The van der Waals surface area contributed by atoms with Crippen molar-refractivity contribution in [2.24, 2.45) is 0 Å². The summed E-state index contributed by atoms with van der Waals surface area (Å²) in [6, 6.07) is 0.148. The van der Waals surface area contributed by atoms with E-state index in [0.717, 1.165) is 48.3 Å². The van der Waals surface area contributed by atoms with Crippen LogP contribution in [0.15, 0.2) is 4.73 Å². The van der Waals surface area contributed by atoms with E-state index in [1.807, 2.05) is 0 Å². The molecule has 218 valence electrons. The second kappa shape index (κ2) is 10.2. The molecule has 3 aliphatic rings. The number of aromatic nitrogens is 4. The summed E-state index contributed by atoms with van der Waals surface area (Å²) in [4.78, 5) is 18.3. The third-order valence-corrected chi connectivity index (χ3v) is 14.4. The second-order valence-corrected chi connectivity index (χ2v) is 19.0. The lowest BCUT2D eigenvalue weighted by Crippen LogP contribution is -2.55. The molecule has 0 unspecified atom stereocenters. The summed E-state index contributed by atoms with van der Waals surface area (Å²) in [6.07, 6.45) is 5.12. The second-order valence-electron chi connectivity index (χ2n) is 13.6. The highest BCUT2D eigenvalue weighted by Gasteiger charge is 2.46. The fourth-order valence-corrected chi connectivity index (χ4v) is 8.20. The normalized spacial score (nSPS) is 26.8. The van der Waals surface area contributed by atoms with Crippen molar-refractivity contribution >= 4 is 41.2 Å². The molecule has 2 aliphatic heterocycles. The van der Waals surface area contributed by atoms with E-state index < -0.39 is 20.3 Å². The molecule has 1 saturated carbocycles. The fraction of sp³-hybridized carbons (Fsp3) is 0.815. The van der Waals surface area contributed by atoms with Gasteiger partial charge >= 0.3 is 6.01 Å². The van der Waals surface area contributed by atoms with Crippen molar-refractivity contribution in [3.63, 3.8) is 0 Å². The van der Waals surface area contributed by atoms with Crippen molar-refractivity contribution in [1.29, 1.82) is 0 Å². The van der Waals surface area contributed by atoms with Crippen molar-refractivity contribution in [3.05, 3.63) is 4.73 Å². The van der Waals surface area contributed by atoms with E-state index in [1.54, 1.807) is 11.9 Å². The molecule has 8 nitrogen and oxygen atoms in total. The number of likely N-dealkylation sites (tertiary alicyclic amines) is 1. The number of likely N-dealkylation sites (N-methyl/N-ethyl adjacent to an activating group) is 1. The summed E-state index contributed by atoms with van der Waals surface area (Å²) in [5, 5.41) is 0.111. The van der Waals surface area contributed by atoms with Crippen molar-refractivity contribution in [1.82, 2.24) is 24.4 Å². The van der Waals surface area contributed by atoms with Gasteiger partial charge in [-0.2, -0.15) is 9.97 Å². The first-order chi connectivity index (χ1) is 18.1. The molecule has 0 N–H and O–H groups in total. The Kier molecular flexibility index (Phi) is 7.59. The predicted octanol–water partition coefficient (Wildman–Crippen LogP) is 6.41. The van der Waals surface area contributed by atoms with Crippen LogP contribution in [0.25, 0.3) is 11.2 Å². The Hall–Kier alpha value is -1.37. The Balaban J connectivity index is 1.48. The molecule has 39 heavy (non-hydrogen) atoms. The third-order valence-electron chi connectivity index (χ3n) is 9.21. The van der Waals surface area contributed by atoms with Gasteiger partial charge in [-0.15, -0.1) is 0 Å². The maximum atomic E-state index is 13.9. The zero-order valence-corrected chi connectivity index (χ0v) is 26.9. The van der Waals surface area contributed by atoms with Crippen LogP contribution in [0, 0.1) is 0 Å². The van der Waals surface area contributed by atoms with Crippen LogP contribution in [0.3, 0.4) is 0 Å². The van der Waals surface area contributed by atoms with Crippen molar-refractivity contribution < 1.29 is 17.9 Å². The first-order valence-corrected chi connectivity index (χ1v) is 17.9. The van der Waals surface area contributed by atoms with Gasteiger partial charge in [-0.3, -0.25) is 4.90 Å². The number of hydrogen-bond acceptors (Lipinski definition) is 7. The first kappa shape index (κ1) is 29.1. The van der Waals surface area contributed by atoms with E-state index in [2.05, 4.69) is 71.2 Å². The topological polar surface area (TPSA) is 68.5 Å². The Labute approximate surface area is 240 Å². The van der Waals surface area contributed by atoms with E-state index in [-0.39, 0.29) is 36.2 Å². The summed E-state index contributed by atoms with van der Waals surface area (Å²) < 4.78 is 43.9. The van der Waals surface area contributed by atoms with Gasteiger partial charge in [0.1, 0.15) is 12.1 Å². The predicted molar refractivity (Wildman–Crippen MR) is 156 cm³/mol. The standard InChI is InChI=1S/C27H43BrF2N6O2Si/c1-25(2,3)39(6,7)38-26(4)12-9-13-35(16-26)22-20-21(31-23(28)36(20)18-10-8-11-18)32-24(33-22)37-15-19-14-27(29,30)17-34(19)5/h18-19H,8-17H2,1-7H3/t19-,26+/m0/s1. The van der Waals surface area contributed by atoms with Gasteiger partial charge in [0.25, 0.3) is 5.92 Å². The first-order valence-electron chi connectivity index (χ1n) is 14.2. The number of rotatable bonds is 7. The molecular weight excluding hydrogens is 586 g/mol. The van der Waals surface area contributed by atoms with E-state index in [0.29, 0.717) is 18.2 Å². The minimum absolute atomic E-state index is 0.105. The van der Waals surface area contributed by atoms with Crippen LogP contribution in [-0.4, -0.2) is 83.6 Å². The fourth-order valence-electron chi connectivity index (χ4n) is 5.86. The van der Waals surface area contributed by atoms with Crippen LogP contribution >= 0.6 is 15.9 Å². The zero-order valence-electron chi connectivity index (χ0n) is 24.4. The molecule has 0 amide bonds. The molecule has 1 aliphatic carbocycles. The zero-order chi connectivity index (χ0) is 28.4. The molecule has 4 heterocycles. The van der Waals surface area contributed by atoms with Gasteiger partial charge < -0.3 is 18.6 Å².